The van der Waals surface area contributed by atoms with E-state index in [1.54, 1.807) is 6.20 Å². The van der Waals surface area contributed by atoms with Crippen LogP contribution in [-0.2, 0) is 0 Å². The number of imidazole rings is 1. The van der Waals surface area contributed by atoms with Crippen molar-refractivity contribution in [1.82, 2.24) is 19.6 Å². The number of nitrogens with zero attached hydrogens (tertiary/aromatic N) is 4. The fourth-order valence-corrected chi connectivity index (χ4v) is 1.08. The third-order valence-corrected chi connectivity index (χ3v) is 1.71. The van der Waals surface area contributed by atoms with Gasteiger partial charge >= 0.3 is 0 Å². The minimum atomic E-state index is 0.0310. The molecule has 0 saturated heterocycles. The summed E-state index contributed by atoms with van der Waals surface area (Å²) in [7, 11) is 0. The molecule has 7 heteroatoms. The van der Waals surface area contributed by atoms with Crippen LogP contribution in [0.2, 0.25) is 0 Å². The maximum Gasteiger partial charge on any atom is 0.224 e. The van der Waals surface area contributed by atoms with Crippen LogP contribution >= 0.6 is 0 Å². The van der Waals surface area contributed by atoms with E-state index in [2.05, 4.69) is 20.3 Å². The normalized spacial score (nSPS) is 10.6. The van der Waals surface area contributed by atoms with E-state index in [0.29, 0.717) is 23.7 Å². The lowest BCUT2D eigenvalue weighted by atomic mass is 10.5. The molecule has 0 radical (unpaired) electrons. The third-order valence-electron chi connectivity index (χ3n) is 1.71. The number of nitrogen functional groups attached to an aromatic ring is 1. The molecular formula is C7H10N6O. The lowest BCUT2D eigenvalue weighted by Crippen LogP contribution is -2.11. The molecule has 0 spiro atoms. The van der Waals surface area contributed by atoms with Crippen molar-refractivity contribution in [3.63, 3.8) is 0 Å². The maximum atomic E-state index is 8.60. The van der Waals surface area contributed by atoms with Crippen molar-refractivity contribution < 1.29 is 5.11 Å². The molecule has 74 valence electrons. The summed E-state index contributed by atoms with van der Waals surface area (Å²) in [4.78, 5) is 12.1. The van der Waals surface area contributed by atoms with Gasteiger partial charge in [0.05, 0.1) is 12.8 Å². The number of hydrogen-bond donors (Lipinski definition) is 3. The summed E-state index contributed by atoms with van der Waals surface area (Å²) in [5, 5.41) is 11.4. The monoisotopic (exact) mass is 194 g/mol. The highest BCUT2D eigenvalue weighted by Gasteiger charge is 2.03. The molecule has 7 nitrogen and oxygen atoms in total. The van der Waals surface area contributed by atoms with Gasteiger partial charge in [-0.1, -0.05) is 0 Å². The summed E-state index contributed by atoms with van der Waals surface area (Å²) in [6.45, 7) is 0.438. The number of nitrogens with one attached hydrogen (secondary N) is 1. The first-order valence-electron chi connectivity index (χ1n) is 4.11. The second-order valence-electron chi connectivity index (χ2n) is 2.70. The van der Waals surface area contributed by atoms with E-state index in [9.17, 15) is 0 Å². The Morgan fingerprint density at radius 2 is 2.36 bits per heavy atom. The Morgan fingerprint density at radius 1 is 1.50 bits per heavy atom. The Balaban J connectivity index is 2.34. The molecule has 0 bridgehead atoms. The number of nitrogens with two attached hydrogens (primary N) is 1. The SMILES string of the molecule is Nn1cnc2cnc(NCCO)nc21. The number of fused-ring (bicyclic) bond motifs is 1. The van der Waals surface area contributed by atoms with Gasteiger partial charge in [0, 0.05) is 6.54 Å². The van der Waals surface area contributed by atoms with Crippen LogP contribution in [0, 0.1) is 0 Å². The van der Waals surface area contributed by atoms with E-state index in [4.69, 9.17) is 10.9 Å². The molecule has 0 aliphatic carbocycles. The van der Waals surface area contributed by atoms with Crippen LogP contribution in [0.5, 0.6) is 0 Å². The number of aromatic nitrogens is 4. The number of anilines is 1. The Labute approximate surface area is 79.6 Å². The van der Waals surface area contributed by atoms with E-state index in [1.165, 1.54) is 11.0 Å². The lowest BCUT2D eigenvalue weighted by molar-refractivity contribution is 0.311. The van der Waals surface area contributed by atoms with Crippen molar-refractivity contribution in [2.24, 2.45) is 0 Å². The van der Waals surface area contributed by atoms with Gasteiger partial charge in [-0.25, -0.2) is 14.6 Å². The van der Waals surface area contributed by atoms with Gasteiger partial charge in [-0.15, -0.1) is 0 Å². The topological polar surface area (TPSA) is 102 Å². The maximum absolute atomic E-state index is 8.60. The van der Waals surface area contributed by atoms with Crippen molar-refractivity contribution in [2.45, 2.75) is 0 Å². The average molecular weight is 194 g/mol. The highest BCUT2D eigenvalue weighted by Crippen LogP contribution is 2.08. The predicted molar refractivity (Wildman–Crippen MR) is 51.0 cm³/mol. The van der Waals surface area contributed by atoms with Crippen LogP contribution in [0.15, 0.2) is 12.5 Å². The molecule has 2 heterocycles. The van der Waals surface area contributed by atoms with E-state index >= 15 is 0 Å². The summed E-state index contributed by atoms with van der Waals surface area (Å²) >= 11 is 0. The van der Waals surface area contributed by atoms with Gasteiger partial charge in [0.15, 0.2) is 5.65 Å². The van der Waals surface area contributed by atoms with Gasteiger partial charge in [-0.3, -0.25) is 0 Å². The molecule has 0 aliphatic heterocycles. The van der Waals surface area contributed by atoms with Crippen molar-refractivity contribution in [3.8, 4) is 0 Å². The second-order valence-corrected chi connectivity index (χ2v) is 2.70. The van der Waals surface area contributed by atoms with Gasteiger partial charge in [0.1, 0.15) is 11.8 Å². The van der Waals surface area contributed by atoms with Crippen molar-refractivity contribution in [2.75, 3.05) is 24.3 Å². The zero-order valence-electron chi connectivity index (χ0n) is 7.38. The van der Waals surface area contributed by atoms with Crippen molar-refractivity contribution >= 4 is 17.1 Å². The molecule has 4 N–H and O–H groups in total. The van der Waals surface area contributed by atoms with Crippen LogP contribution in [0.4, 0.5) is 5.95 Å². The first kappa shape index (κ1) is 8.70. The van der Waals surface area contributed by atoms with E-state index in [1.807, 2.05) is 0 Å². The van der Waals surface area contributed by atoms with Gasteiger partial charge in [0.25, 0.3) is 0 Å². The van der Waals surface area contributed by atoms with Crippen LogP contribution in [0.25, 0.3) is 11.2 Å². The fraction of sp³-hybridized carbons (Fsp3) is 0.286. The van der Waals surface area contributed by atoms with Crippen LogP contribution in [0.3, 0.4) is 0 Å². The first-order valence-corrected chi connectivity index (χ1v) is 4.11. The average Bonchev–Trinajstić information content (AvgIpc) is 2.57. The first-order chi connectivity index (χ1) is 6.81. The van der Waals surface area contributed by atoms with Crippen molar-refractivity contribution in [3.05, 3.63) is 12.5 Å². The van der Waals surface area contributed by atoms with E-state index in [0.717, 1.165) is 0 Å². The molecular weight excluding hydrogens is 184 g/mol. The molecule has 2 rings (SSSR count). The zero-order valence-corrected chi connectivity index (χ0v) is 7.38. The Bertz CT molecular complexity index is 439. The molecule has 2 aromatic rings. The van der Waals surface area contributed by atoms with Crippen LogP contribution in [0.1, 0.15) is 0 Å². The quantitative estimate of drug-likeness (QED) is 0.538. The summed E-state index contributed by atoms with van der Waals surface area (Å²) in [5.41, 5.74) is 1.20. The van der Waals surface area contributed by atoms with Crippen LogP contribution < -0.4 is 11.2 Å². The van der Waals surface area contributed by atoms with Crippen molar-refractivity contribution in [1.29, 1.82) is 0 Å². The molecule has 2 aromatic heterocycles. The summed E-state index contributed by atoms with van der Waals surface area (Å²) in [6, 6.07) is 0. The fourth-order valence-electron chi connectivity index (χ4n) is 1.08. The minimum Gasteiger partial charge on any atom is -0.395 e. The van der Waals surface area contributed by atoms with Gasteiger partial charge in [0.2, 0.25) is 5.95 Å². The Morgan fingerprint density at radius 3 is 3.14 bits per heavy atom. The summed E-state index contributed by atoms with van der Waals surface area (Å²) < 4.78 is 1.32. The smallest absolute Gasteiger partial charge is 0.224 e. The number of aliphatic hydroxyl groups excluding tert-OH is 1. The molecule has 0 aromatic carbocycles. The van der Waals surface area contributed by atoms with E-state index < -0.39 is 0 Å². The lowest BCUT2D eigenvalue weighted by Gasteiger charge is -2.01. The largest absolute Gasteiger partial charge is 0.395 e. The van der Waals surface area contributed by atoms with E-state index in [-0.39, 0.29) is 6.61 Å². The number of rotatable bonds is 3. The Kier molecular flexibility index (Phi) is 2.15. The van der Waals surface area contributed by atoms with Crippen LogP contribution in [-0.4, -0.2) is 37.9 Å². The standard InChI is InChI=1S/C7H10N6O/c8-13-4-11-5-3-10-7(9-1-2-14)12-6(5)13/h3-4,14H,1-2,8H2,(H,9,10,12). The second kappa shape index (κ2) is 3.46. The predicted octanol–water partition coefficient (Wildman–Crippen LogP) is -1.06. The summed E-state index contributed by atoms with van der Waals surface area (Å²) in [6.07, 6.45) is 3.04. The molecule has 0 unspecified atom stereocenters. The molecule has 0 fully saturated rings. The van der Waals surface area contributed by atoms with Gasteiger partial charge < -0.3 is 16.3 Å². The Hall–Kier alpha value is -1.89. The molecule has 14 heavy (non-hydrogen) atoms. The number of aliphatic hydroxyl groups is 1. The highest BCUT2D eigenvalue weighted by molar-refractivity contribution is 5.70. The zero-order chi connectivity index (χ0) is 9.97. The third kappa shape index (κ3) is 1.44. The summed E-state index contributed by atoms with van der Waals surface area (Å²) in [5.74, 6) is 5.99. The molecule has 0 saturated carbocycles. The number of hydrogen-bond acceptors (Lipinski definition) is 6. The van der Waals surface area contributed by atoms with Gasteiger partial charge in [-0.2, -0.15) is 4.98 Å². The van der Waals surface area contributed by atoms with Gasteiger partial charge in [-0.05, 0) is 0 Å². The molecule has 0 aliphatic rings. The minimum absolute atomic E-state index is 0.0310. The molecule has 0 amide bonds. The molecule has 0 atom stereocenters. The highest BCUT2D eigenvalue weighted by atomic mass is 16.3.